The molecule has 0 saturated carbocycles. The van der Waals surface area contributed by atoms with Crippen LogP contribution >= 0.6 is 0 Å². The fraction of sp³-hybridized carbons (Fsp3) is 0.455. The van der Waals surface area contributed by atoms with E-state index in [1.54, 1.807) is 0 Å². The van der Waals surface area contributed by atoms with Crippen LogP contribution in [-0.2, 0) is 16.6 Å². The number of aliphatic hydroxyl groups is 1. The van der Waals surface area contributed by atoms with Gasteiger partial charge in [-0.3, -0.25) is 0 Å². The number of alkyl halides is 3. The topological polar surface area (TPSA) is 66.4 Å². The van der Waals surface area contributed by atoms with Crippen LogP contribution in [0, 0.1) is 5.82 Å². The van der Waals surface area contributed by atoms with E-state index in [2.05, 4.69) is 0 Å². The maximum absolute atomic E-state index is 13.1. The van der Waals surface area contributed by atoms with Crippen molar-refractivity contribution in [3.8, 4) is 0 Å². The van der Waals surface area contributed by atoms with Gasteiger partial charge >= 0.3 is 6.18 Å². The van der Waals surface area contributed by atoms with Gasteiger partial charge in [0, 0.05) is 18.5 Å². The Morgan fingerprint density at radius 1 is 1.25 bits per heavy atom. The van der Waals surface area contributed by atoms with E-state index in [1.165, 1.54) is 0 Å². The van der Waals surface area contributed by atoms with Crippen LogP contribution in [0.4, 0.5) is 17.6 Å². The lowest BCUT2D eigenvalue weighted by Gasteiger charge is -2.09. The number of halogens is 4. The number of sulfonamides is 1. The van der Waals surface area contributed by atoms with Crippen molar-refractivity contribution in [3.63, 3.8) is 0 Å². The molecule has 0 aromatic heterocycles. The molecule has 0 amide bonds. The Morgan fingerprint density at radius 2 is 1.90 bits per heavy atom. The number of hydrogen-bond donors (Lipinski definition) is 2. The van der Waals surface area contributed by atoms with Gasteiger partial charge in [0.15, 0.2) is 0 Å². The van der Waals surface area contributed by atoms with Crippen molar-refractivity contribution in [2.45, 2.75) is 30.5 Å². The van der Waals surface area contributed by atoms with Gasteiger partial charge in [-0.25, -0.2) is 17.5 Å². The summed E-state index contributed by atoms with van der Waals surface area (Å²) in [4.78, 5) is -0.310. The summed E-state index contributed by atoms with van der Waals surface area (Å²) >= 11 is 0. The Hall–Kier alpha value is -1.19. The van der Waals surface area contributed by atoms with Crippen LogP contribution in [-0.4, -0.2) is 26.2 Å². The maximum Gasteiger partial charge on any atom is 0.389 e. The lowest BCUT2D eigenvalue weighted by molar-refractivity contribution is -0.135. The van der Waals surface area contributed by atoms with E-state index in [4.69, 9.17) is 5.11 Å². The lowest BCUT2D eigenvalue weighted by atomic mass is 10.2. The van der Waals surface area contributed by atoms with E-state index < -0.39 is 41.5 Å². The molecule has 2 N–H and O–H groups in total. The van der Waals surface area contributed by atoms with Gasteiger partial charge in [0.2, 0.25) is 10.0 Å². The first-order chi connectivity index (χ1) is 9.15. The van der Waals surface area contributed by atoms with Crippen molar-refractivity contribution in [1.82, 2.24) is 4.72 Å². The molecule has 0 aliphatic heterocycles. The molecule has 9 heteroatoms. The zero-order valence-electron chi connectivity index (χ0n) is 10.2. The summed E-state index contributed by atoms with van der Waals surface area (Å²) < 4.78 is 74.2. The molecule has 0 fully saturated rings. The third-order valence-electron chi connectivity index (χ3n) is 2.43. The molecule has 1 rings (SSSR count). The van der Waals surface area contributed by atoms with Gasteiger partial charge in [-0.1, -0.05) is 0 Å². The molecule has 1 aromatic carbocycles. The van der Waals surface area contributed by atoms with E-state index in [0.717, 1.165) is 18.2 Å². The van der Waals surface area contributed by atoms with Gasteiger partial charge in [-0.05, 0) is 24.6 Å². The van der Waals surface area contributed by atoms with Crippen LogP contribution in [0.5, 0.6) is 0 Å². The molecule has 1 aromatic rings. The Kier molecular flexibility index (Phi) is 5.49. The standard InChI is InChI=1S/C11H13F4NO3S/c12-10-3-2-9(6-8(10)7-17)20(18,19)16-5-1-4-11(13,14)15/h2-3,6,16-17H,1,4-5,7H2. The van der Waals surface area contributed by atoms with Gasteiger partial charge < -0.3 is 5.11 Å². The monoisotopic (exact) mass is 315 g/mol. The summed E-state index contributed by atoms with van der Waals surface area (Å²) in [5, 5.41) is 8.83. The molecular formula is C11H13F4NO3S. The van der Waals surface area contributed by atoms with Crippen LogP contribution < -0.4 is 4.72 Å². The minimum absolute atomic E-state index is 0.205. The first-order valence-electron chi connectivity index (χ1n) is 5.61. The van der Waals surface area contributed by atoms with Crippen LogP contribution in [0.15, 0.2) is 23.1 Å². The van der Waals surface area contributed by atoms with E-state index in [9.17, 15) is 26.0 Å². The van der Waals surface area contributed by atoms with E-state index in [0.29, 0.717) is 0 Å². The van der Waals surface area contributed by atoms with Gasteiger partial charge in [0.05, 0.1) is 11.5 Å². The predicted molar refractivity (Wildman–Crippen MR) is 62.8 cm³/mol. The fourth-order valence-corrected chi connectivity index (χ4v) is 2.54. The largest absolute Gasteiger partial charge is 0.392 e. The Labute approximate surface area is 113 Å². The smallest absolute Gasteiger partial charge is 0.389 e. The van der Waals surface area contributed by atoms with Crippen molar-refractivity contribution in [1.29, 1.82) is 0 Å². The molecule has 0 aliphatic rings. The van der Waals surface area contributed by atoms with Crippen molar-refractivity contribution >= 4 is 10.0 Å². The average Bonchev–Trinajstić information content (AvgIpc) is 2.34. The van der Waals surface area contributed by atoms with Gasteiger partial charge in [0.1, 0.15) is 5.82 Å². The summed E-state index contributed by atoms with van der Waals surface area (Å²) in [6.45, 7) is -1.06. The molecular weight excluding hydrogens is 302 g/mol. The van der Waals surface area contributed by atoms with Crippen LogP contribution in [0.3, 0.4) is 0 Å². The molecule has 0 bridgehead atoms. The first kappa shape index (κ1) is 16.9. The van der Waals surface area contributed by atoms with Crippen LogP contribution in [0.2, 0.25) is 0 Å². The maximum atomic E-state index is 13.1. The number of hydrogen-bond acceptors (Lipinski definition) is 3. The first-order valence-corrected chi connectivity index (χ1v) is 7.10. The molecule has 0 heterocycles. The molecule has 0 unspecified atom stereocenters. The summed E-state index contributed by atoms with van der Waals surface area (Å²) in [5.74, 6) is -0.761. The molecule has 0 atom stereocenters. The van der Waals surface area contributed by atoms with Crippen molar-refractivity contribution in [2.24, 2.45) is 0 Å². The molecule has 114 valence electrons. The summed E-state index contributed by atoms with van der Waals surface area (Å²) in [5.41, 5.74) is -0.205. The number of aliphatic hydroxyl groups excluding tert-OH is 1. The number of nitrogens with one attached hydrogen (secondary N) is 1. The van der Waals surface area contributed by atoms with E-state index in [1.807, 2.05) is 4.72 Å². The third kappa shape index (κ3) is 5.06. The zero-order valence-corrected chi connectivity index (χ0v) is 11.1. The third-order valence-corrected chi connectivity index (χ3v) is 3.89. The van der Waals surface area contributed by atoms with Gasteiger partial charge in [-0.2, -0.15) is 13.2 Å². The van der Waals surface area contributed by atoms with Crippen LogP contribution in [0.1, 0.15) is 18.4 Å². The minimum Gasteiger partial charge on any atom is -0.392 e. The minimum atomic E-state index is -4.34. The highest BCUT2D eigenvalue weighted by Gasteiger charge is 2.26. The van der Waals surface area contributed by atoms with E-state index >= 15 is 0 Å². The fourth-order valence-electron chi connectivity index (χ4n) is 1.42. The summed E-state index contributed by atoms with van der Waals surface area (Å²) in [6.07, 6.45) is -5.83. The normalized spacial score (nSPS) is 12.7. The van der Waals surface area contributed by atoms with Crippen LogP contribution in [0.25, 0.3) is 0 Å². The lowest BCUT2D eigenvalue weighted by Crippen LogP contribution is -2.26. The molecule has 20 heavy (non-hydrogen) atoms. The van der Waals surface area contributed by atoms with Crippen molar-refractivity contribution in [2.75, 3.05) is 6.54 Å². The van der Waals surface area contributed by atoms with Crippen molar-refractivity contribution < 1.29 is 31.1 Å². The highest BCUT2D eigenvalue weighted by molar-refractivity contribution is 7.89. The van der Waals surface area contributed by atoms with Crippen molar-refractivity contribution in [3.05, 3.63) is 29.6 Å². The highest BCUT2D eigenvalue weighted by atomic mass is 32.2. The second kappa shape index (κ2) is 6.51. The highest BCUT2D eigenvalue weighted by Crippen LogP contribution is 2.21. The molecule has 0 spiro atoms. The Balaban J connectivity index is 2.69. The molecule has 0 aliphatic carbocycles. The summed E-state index contributed by atoms with van der Waals surface area (Å²) in [7, 11) is -4.02. The SMILES string of the molecule is O=S(=O)(NCCCC(F)(F)F)c1ccc(F)c(CO)c1. The quantitative estimate of drug-likeness (QED) is 0.623. The predicted octanol–water partition coefficient (Wildman–Crippen LogP) is 1.94. The number of rotatable bonds is 6. The average molecular weight is 315 g/mol. The van der Waals surface area contributed by atoms with E-state index in [-0.39, 0.29) is 17.0 Å². The molecule has 0 saturated heterocycles. The summed E-state index contributed by atoms with van der Waals surface area (Å²) in [6, 6.07) is 2.78. The second-order valence-corrected chi connectivity index (χ2v) is 5.79. The molecule has 0 radical (unpaired) electrons. The second-order valence-electron chi connectivity index (χ2n) is 4.03. The Bertz CT molecular complexity index is 557. The number of benzene rings is 1. The van der Waals surface area contributed by atoms with Gasteiger partial charge in [-0.15, -0.1) is 0 Å². The van der Waals surface area contributed by atoms with Gasteiger partial charge in [0.25, 0.3) is 0 Å². The zero-order chi connectivity index (χ0) is 15.4. The Morgan fingerprint density at radius 3 is 2.45 bits per heavy atom. The molecule has 4 nitrogen and oxygen atoms in total.